The quantitative estimate of drug-likeness (QED) is 0.353. The summed E-state index contributed by atoms with van der Waals surface area (Å²) in [6, 6.07) is 23.0. The molecular formula is C28H27N3O4. The summed E-state index contributed by atoms with van der Waals surface area (Å²) in [4.78, 5) is 24.3. The lowest BCUT2D eigenvalue weighted by Gasteiger charge is -2.11. The van der Waals surface area contributed by atoms with Crippen LogP contribution in [-0.2, 0) is 9.53 Å². The second-order valence-electron chi connectivity index (χ2n) is 8.00. The highest BCUT2D eigenvalue weighted by molar-refractivity contribution is 6.01. The molecule has 1 heterocycles. The van der Waals surface area contributed by atoms with E-state index in [2.05, 4.69) is 5.32 Å². The van der Waals surface area contributed by atoms with Gasteiger partial charge in [0, 0.05) is 18.1 Å². The summed E-state index contributed by atoms with van der Waals surface area (Å²) in [6.45, 7) is 5.40. The van der Waals surface area contributed by atoms with Gasteiger partial charge in [-0.15, -0.1) is 0 Å². The van der Waals surface area contributed by atoms with E-state index in [-0.39, 0.29) is 18.1 Å². The van der Waals surface area contributed by atoms with Crippen molar-refractivity contribution in [3.8, 4) is 34.0 Å². The maximum atomic E-state index is 12.6. The Kier molecular flexibility index (Phi) is 6.96. The Labute approximate surface area is 204 Å². The fourth-order valence-corrected chi connectivity index (χ4v) is 3.85. The summed E-state index contributed by atoms with van der Waals surface area (Å²) in [7, 11) is 1.64. The maximum absolute atomic E-state index is 12.6. The molecule has 7 heteroatoms. The minimum atomic E-state index is -0.508. The van der Waals surface area contributed by atoms with Crippen molar-refractivity contribution in [1.29, 1.82) is 0 Å². The van der Waals surface area contributed by atoms with Gasteiger partial charge >= 0.3 is 5.97 Å². The van der Waals surface area contributed by atoms with E-state index in [0.717, 1.165) is 33.8 Å². The molecule has 1 aromatic heterocycles. The second-order valence-corrected chi connectivity index (χ2v) is 8.00. The van der Waals surface area contributed by atoms with E-state index in [9.17, 15) is 9.59 Å². The van der Waals surface area contributed by atoms with Crippen molar-refractivity contribution >= 4 is 17.6 Å². The van der Waals surface area contributed by atoms with Crippen molar-refractivity contribution < 1.29 is 19.1 Å². The van der Waals surface area contributed by atoms with Gasteiger partial charge in [-0.2, -0.15) is 5.10 Å². The van der Waals surface area contributed by atoms with Crippen LogP contribution in [0.25, 0.3) is 28.2 Å². The molecule has 0 spiro atoms. The summed E-state index contributed by atoms with van der Waals surface area (Å²) in [6.07, 6.45) is 0. The van der Waals surface area contributed by atoms with E-state index in [1.54, 1.807) is 26.2 Å². The van der Waals surface area contributed by atoms with Gasteiger partial charge in [-0.05, 0) is 67.9 Å². The first-order valence-corrected chi connectivity index (χ1v) is 11.3. The number of amides is 1. The zero-order valence-electron chi connectivity index (χ0n) is 20.2. The Balaban J connectivity index is 1.87. The van der Waals surface area contributed by atoms with Crippen molar-refractivity contribution in [3.63, 3.8) is 0 Å². The van der Waals surface area contributed by atoms with E-state index in [1.807, 2.05) is 72.3 Å². The SMILES string of the molecule is CCOC(=O)c1cc(-c2cc(-c3ccc(OC)cc3)n(-c3ccccc3C)n2)ccc1NC(C)=O. The van der Waals surface area contributed by atoms with Crippen LogP contribution in [0.2, 0.25) is 0 Å². The molecule has 1 amide bonds. The average Bonchev–Trinajstić information content (AvgIpc) is 3.29. The van der Waals surface area contributed by atoms with Crippen LogP contribution in [-0.4, -0.2) is 35.4 Å². The molecular weight excluding hydrogens is 442 g/mol. The van der Waals surface area contributed by atoms with Gasteiger partial charge < -0.3 is 14.8 Å². The van der Waals surface area contributed by atoms with Crippen molar-refractivity contribution in [2.45, 2.75) is 20.8 Å². The number of benzene rings is 3. The zero-order chi connectivity index (χ0) is 24.9. The minimum Gasteiger partial charge on any atom is -0.497 e. The lowest BCUT2D eigenvalue weighted by molar-refractivity contribution is -0.114. The first-order chi connectivity index (χ1) is 16.9. The van der Waals surface area contributed by atoms with Crippen molar-refractivity contribution in [2.24, 2.45) is 0 Å². The summed E-state index contributed by atoms with van der Waals surface area (Å²) in [5, 5.41) is 7.61. The van der Waals surface area contributed by atoms with Gasteiger partial charge in [0.05, 0.1) is 42.0 Å². The number of para-hydroxylation sites is 1. The molecule has 0 aliphatic heterocycles. The summed E-state index contributed by atoms with van der Waals surface area (Å²) >= 11 is 0. The highest BCUT2D eigenvalue weighted by Crippen LogP contribution is 2.32. The fourth-order valence-electron chi connectivity index (χ4n) is 3.85. The van der Waals surface area contributed by atoms with Crippen LogP contribution in [0, 0.1) is 6.92 Å². The molecule has 4 rings (SSSR count). The third-order valence-electron chi connectivity index (χ3n) is 5.56. The third kappa shape index (κ3) is 5.09. The van der Waals surface area contributed by atoms with Crippen LogP contribution >= 0.6 is 0 Å². The van der Waals surface area contributed by atoms with Crippen molar-refractivity contribution in [3.05, 3.63) is 83.9 Å². The molecule has 0 unspecified atom stereocenters. The van der Waals surface area contributed by atoms with Gasteiger partial charge in [0.15, 0.2) is 0 Å². The number of carbonyl (C=O) groups excluding carboxylic acids is 2. The zero-order valence-corrected chi connectivity index (χ0v) is 20.2. The molecule has 7 nitrogen and oxygen atoms in total. The van der Waals surface area contributed by atoms with Gasteiger partial charge in [-0.25, -0.2) is 9.48 Å². The van der Waals surface area contributed by atoms with Crippen LogP contribution < -0.4 is 10.1 Å². The normalized spacial score (nSPS) is 10.6. The van der Waals surface area contributed by atoms with E-state index in [1.165, 1.54) is 6.92 Å². The third-order valence-corrected chi connectivity index (χ3v) is 5.56. The molecule has 178 valence electrons. The number of aromatic nitrogens is 2. The number of nitrogens with zero attached hydrogens (tertiary/aromatic N) is 2. The minimum absolute atomic E-state index is 0.228. The highest BCUT2D eigenvalue weighted by Gasteiger charge is 2.19. The van der Waals surface area contributed by atoms with Crippen molar-refractivity contribution in [2.75, 3.05) is 19.0 Å². The monoisotopic (exact) mass is 469 g/mol. The average molecular weight is 470 g/mol. The number of esters is 1. The van der Waals surface area contributed by atoms with Crippen LogP contribution in [0.5, 0.6) is 5.75 Å². The number of hydrogen-bond acceptors (Lipinski definition) is 5. The number of hydrogen-bond donors (Lipinski definition) is 1. The van der Waals surface area contributed by atoms with Crippen LogP contribution in [0.3, 0.4) is 0 Å². The van der Waals surface area contributed by atoms with E-state index in [4.69, 9.17) is 14.6 Å². The lowest BCUT2D eigenvalue weighted by atomic mass is 10.0. The van der Waals surface area contributed by atoms with Gasteiger partial charge in [-0.3, -0.25) is 4.79 Å². The fraction of sp³-hybridized carbons (Fsp3) is 0.179. The molecule has 0 radical (unpaired) electrons. The molecule has 0 aliphatic rings. The van der Waals surface area contributed by atoms with Gasteiger partial charge in [0.2, 0.25) is 5.91 Å². The molecule has 35 heavy (non-hydrogen) atoms. The van der Waals surface area contributed by atoms with Crippen molar-refractivity contribution in [1.82, 2.24) is 9.78 Å². The molecule has 0 bridgehead atoms. The Bertz CT molecular complexity index is 1370. The van der Waals surface area contributed by atoms with Gasteiger partial charge in [-0.1, -0.05) is 24.3 Å². The number of carbonyl (C=O) groups is 2. The largest absolute Gasteiger partial charge is 0.497 e. The lowest BCUT2D eigenvalue weighted by Crippen LogP contribution is -2.13. The van der Waals surface area contributed by atoms with E-state index < -0.39 is 5.97 Å². The first kappa shape index (κ1) is 23.8. The molecule has 0 saturated carbocycles. The Hall–Kier alpha value is -4.39. The number of nitrogens with one attached hydrogen (secondary N) is 1. The Morgan fingerprint density at radius 3 is 2.34 bits per heavy atom. The number of rotatable bonds is 7. The van der Waals surface area contributed by atoms with Gasteiger partial charge in [0.25, 0.3) is 0 Å². The summed E-state index contributed by atoms with van der Waals surface area (Å²) in [5.41, 5.74) is 5.96. The van der Waals surface area contributed by atoms with E-state index in [0.29, 0.717) is 11.4 Å². The molecule has 0 saturated heterocycles. The maximum Gasteiger partial charge on any atom is 0.340 e. The summed E-state index contributed by atoms with van der Waals surface area (Å²) in [5.74, 6) is -0.00990. The highest BCUT2D eigenvalue weighted by atomic mass is 16.5. The first-order valence-electron chi connectivity index (χ1n) is 11.3. The number of anilines is 1. The predicted molar refractivity (Wildman–Crippen MR) is 136 cm³/mol. The molecule has 1 N–H and O–H groups in total. The Morgan fingerprint density at radius 2 is 1.69 bits per heavy atom. The molecule has 0 atom stereocenters. The number of aryl methyl sites for hydroxylation is 1. The van der Waals surface area contributed by atoms with Crippen LogP contribution in [0.4, 0.5) is 5.69 Å². The number of ether oxygens (including phenoxy) is 2. The standard InChI is InChI=1S/C28H27N3O4/c1-5-35-28(33)23-16-21(12-15-24(23)29-19(3)32)25-17-27(20-10-13-22(34-4)14-11-20)31(30-25)26-9-7-6-8-18(26)2/h6-17H,5H2,1-4H3,(H,29,32). The van der Waals surface area contributed by atoms with Crippen LogP contribution in [0.15, 0.2) is 72.8 Å². The summed E-state index contributed by atoms with van der Waals surface area (Å²) < 4.78 is 12.4. The second kappa shape index (κ2) is 10.3. The molecule has 0 fully saturated rings. The smallest absolute Gasteiger partial charge is 0.340 e. The van der Waals surface area contributed by atoms with E-state index >= 15 is 0 Å². The van der Waals surface area contributed by atoms with Gasteiger partial charge in [0.1, 0.15) is 5.75 Å². The number of methoxy groups -OCH3 is 1. The molecule has 3 aromatic carbocycles. The predicted octanol–water partition coefficient (Wildman–Crippen LogP) is 5.66. The Morgan fingerprint density at radius 1 is 0.971 bits per heavy atom. The molecule has 0 aliphatic carbocycles. The van der Waals surface area contributed by atoms with Crippen LogP contribution in [0.1, 0.15) is 29.8 Å². The topological polar surface area (TPSA) is 82.4 Å². The molecule has 4 aromatic rings.